The molecule has 2 N–H and O–H groups in total. The lowest BCUT2D eigenvalue weighted by molar-refractivity contribution is 0.0511. The molecule has 0 radical (unpaired) electrons. The number of aromatic nitrogens is 3. The minimum absolute atomic E-state index is 0.0715. The fourth-order valence-corrected chi connectivity index (χ4v) is 3.74. The lowest BCUT2D eigenvalue weighted by atomic mass is 9.91. The maximum absolute atomic E-state index is 12.2. The average molecular weight is 390 g/mol. The SMILES string of the molecule is CC(C)(C)OC(=O)NC1C=C(c2ncnc3[nH]cc(-c4ccccc4)c23)CCC1. The highest BCUT2D eigenvalue weighted by Gasteiger charge is 2.23. The van der Waals surface area contributed by atoms with Gasteiger partial charge in [0.25, 0.3) is 0 Å². The highest BCUT2D eigenvalue weighted by Crippen LogP contribution is 2.35. The maximum atomic E-state index is 12.2. The molecule has 6 heteroatoms. The minimum atomic E-state index is -0.514. The number of ether oxygens (including phenoxy) is 1. The number of hydrogen-bond donors (Lipinski definition) is 2. The van der Waals surface area contributed by atoms with E-state index in [0.717, 1.165) is 52.7 Å². The largest absolute Gasteiger partial charge is 0.444 e. The molecule has 1 aromatic carbocycles. The van der Waals surface area contributed by atoms with Crippen molar-refractivity contribution in [3.63, 3.8) is 0 Å². The summed E-state index contributed by atoms with van der Waals surface area (Å²) >= 11 is 0. The molecule has 1 aliphatic carbocycles. The number of benzene rings is 1. The van der Waals surface area contributed by atoms with Crippen molar-refractivity contribution in [1.29, 1.82) is 0 Å². The van der Waals surface area contributed by atoms with Crippen LogP contribution in [0.15, 0.2) is 48.9 Å². The average Bonchev–Trinajstić information content (AvgIpc) is 3.11. The molecule has 1 aliphatic rings. The van der Waals surface area contributed by atoms with E-state index in [2.05, 4.69) is 38.5 Å². The summed E-state index contributed by atoms with van der Waals surface area (Å²) in [5.41, 5.74) is 4.55. The summed E-state index contributed by atoms with van der Waals surface area (Å²) in [6.07, 6.45) is 8.07. The first-order valence-corrected chi connectivity index (χ1v) is 9.99. The third-order valence-corrected chi connectivity index (χ3v) is 4.92. The Labute approximate surface area is 170 Å². The minimum Gasteiger partial charge on any atom is -0.444 e. The van der Waals surface area contributed by atoms with Crippen LogP contribution in [-0.2, 0) is 4.74 Å². The van der Waals surface area contributed by atoms with Gasteiger partial charge in [0, 0.05) is 11.8 Å². The summed E-state index contributed by atoms with van der Waals surface area (Å²) in [5.74, 6) is 0. The van der Waals surface area contributed by atoms with Crippen LogP contribution in [0.3, 0.4) is 0 Å². The van der Waals surface area contributed by atoms with Gasteiger partial charge in [-0.1, -0.05) is 36.4 Å². The van der Waals surface area contributed by atoms with Crippen LogP contribution in [0.2, 0.25) is 0 Å². The van der Waals surface area contributed by atoms with Crippen LogP contribution < -0.4 is 5.32 Å². The summed E-state index contributed by atoms with van der Waals surface area (Å²) in [4.78, 5) is 24.5. The van der Waals surface area contributed by atoms with Gasteiger partial charge in [-0.3, -0.25) is 0 Å². The number of alkyl carbamates (subject to hydrolysis) is 1. The van der Waals surface area contributed by atoms with Crippen molar-refractivity contribution < 1.29 is 9.53 Å². The zero-order chi connectivity index (χ0) is 20.4. The molecule has 1 amide bonds. The van der Waals surface area contributed by atoms with Crippen LogP contribution in [-0.4, -0.2) is 32.7 Å². The molecule has 0 spiro atoms. The Morgan fingerprint density at radius 2 is 2.00 bits per heavy atom. The van der Waals surface area contributed by atoms with Crippen LogP contribution >= 0.6 is 0 Å². The summed E-state index contributed by atoms with van der Waals surface area (Å²) in [6, 6.07) is 10.2. The lowest BCUT2D eigenvalue weighted by Gasteiger charge is -2.25. The zero-order valence-electron chi connectivity index (χ0n) is 17.0. The van der Waals surface area contributed by atoms with Gasteiger partial charge in [-0.15, -0.1) is 0 Å². The van der Waals surface area contributed by atoms with Crippen LogP contribution in [0.4, 0.5) is 4.79 Å². The van der Waals surface area contributed by atoms with E-state index in [0.29, 0.717) is 0 Å². The van der Waals surface area contributed by atoms with Crippen molar-refractivity contribution in [3.05, 3.63) is 54.6 Å². The van der Waals surface area contributed by atoms with E-state index in [-0.39, 0.29) is 12.1 Å². The number of H-pyrrole nitrogens is 1. The van der Waals surface area contributed by atoms with Crippen LogP contribution in [0.5, 0.6) is 0 Å². The lowest BCUT2D eigenvalue weighted by Crippen LogP contribution is -2.39. The molecular formula is C23H26N4O2. The van der Waals surface area contributed by atoms with Gasteiger partial charge in [0.05, 0.1) is 17.1 Å². The Morgan fingerprint density at radius 3 is 2.76 bits per heavy atom. The topological polar surface area (TPSA) is 79.9 Å². The maximum Gasteiger partial charge on any atom is 0.408 e. The van der Waals surface area contributed by atoms with Gasteiger partial charge < -0.3 is 15.0 Å². The molecule has 4 rings (SSSR count). The van der Waals surface area contributed by atoms with Crippen molar-refractivity contribution in [2.45, 2.75) is 51.7 Å². The molecule has 150 valence electrons. The first-order chi connectivity index (χ1) is 13.9. The Hall–Kier alpha value is -3.15. The van der Waals surface area contributed by atoms with Crippen LogP contribution in [0.1, 0.15) is 45.7 Å². The summed E-state index contributed by atoms with van der Waals surface area (Å²) in [7, 11) is 0. The molecule has 0 aliphatic heterocycles. The van der Waals surface area contributed by atoms with Gasteiger partial charge in [0.15, 0.2) is 0 Å². The zero-order valence-corrected chi connectivity index (χ0v) is 17.0. The van der Waals surface area contributed by atoms with Gasteiger partial charge in [-0.2, -0.15) is 0 Å². The second kappa shape index (κ2) is 7.70. The Balaban J connectivity index is 1.68. The van der Waals surface area contributed by atoms with Crippen molar-refractivity contribution >= 4 is 22.7 Å². The van der Waals surface area contributed by atoms with E-state index in [1.165, 1.54) is 0 Å². The number of nitrogens with one attached hydrogen (secondary N) is 2. The molecule has 2 aromatic heterocycles. The highest BCUT2D eigenvalue weighted by molar-refractivity contribution is 6.00. The fourth-order valence-electron chi connectivity index (χ4n) is 3.74. The summed E-state index contributed by atoms with van der Waals surface area (Å²) < 4.78 is 5.41. The van der Waals surface area contributed by atoms with E-state index in [9.17, 15) is 4.79 Å². The molecule has 6 nitrogen and oxygen atoms in total. The number of fused-ring (bicyclic) bond motifs is 1. The monoisotopic (exact) mass is 390 g/mol. The molecule has 0 fully saturated rings. The van der Waals surface area contributed by atoms with Gasteiger partial charge >= 0.3 is 6.09 Å². The molecule has 3 aromatic rings. The quantitative estimate of drug-likeness (QED) is 0.653. The van der Waals surface area contributed by atoms with Crippen LogP contribution in [0, 0.1) is 0 Å². The predicted octanol–water partition coefficient (Wildman–Crippen LogP) is 5.09. The van der Waals surface area contributed by atoms with E-state index in [1.54, 1.807) is 6.33 Å². The van der Waals surface area contributed by atoms with Gasteiger partial charge in [0.2, 0.25) is 0 Å². The molecule has 0 bridgehead atoms. The van der Waals surface area contributed by atoms with E-state index in [1.807, 2.05) is 45.2 Å². The number of allylic oxidation sites excluding steroid dienone is 1. The third kappa shape index (κ3) is 4.31. The number of carbonyl (C=O) groups is 1. The molecule has 0 saturated heterocycles. The fraction of sp³-hybridized carbons (Fsp3) is 0.348. The first-order valence-electron chi connectivity index (χ1n) is 9.99. The normalized spacial score (nSPS) is 17.1. The predicted molar refractivity (Wildman–Crippen MR) is 114 cm³/mol. The van der Waals surface area contributed by atoms with Gasteiger partial charge in [0.1, 0.15) is 17.6 Å². The number of nitrogens with zero attached hydrogens (tertiary/aromatic N) is 2. The van der Waals surface area contributed by atoms with Crippen molar-refractivity contribution in [2.24, 2.45) is 0 Å². The van der Waals surface area contributed by atoms with Crippen molar-refractivity contribution in [2.75, 3.05) is 0 Å². The highest BCUT2D eigenvalue weighted by atomic mass is 16.6. The second-order valence-corrected chi connectivity index (χ2v) is 8.35. The Bertz CT molecular complexity index is 1050. The van der Waals surface area contributed by atoms with Gasteiger partial charge in [-0.05, 0) is 51.2 Å². The van der Waals surface area contributed by atoms with Crippen molar-refractivity contribution in [1.82, 2.24) is 20.3 Å². The van der Waals surface area contributed by atoms with Crippen molar-refractivity contribution in [3.8, 4) is 11.1 Å². The second-order valence-electron chi connectivity index (χ2n) is 8.35. The molecule has 0 saturated carbocycles. The van der Waals surface area contributed by atoms with E-state index >= 15 is 0 Å². The third-order valence-electron chi connectivity index (χ3n) is 4.92. The molecular weight excluding hydrogens is 364 g/mol. The standard InChI is InChI=1S/C23H26N4O2/c1-23(2,3)29-22(28)27-17-11-7-10-16(12-17)20-19-18(15-8-5-4-6-9-15)13-24-21(19)26-14-25-20/h4-6,8-9,12-14,17H,7,10-11H2,1-3H3,(H,27,28)(H,24,25,26). The number of amides is 1. The number of rotatable bonds is 3. The number of hydrogen-bond acceptors (Lipinski definition) is 4. The van der Waals surface area contributed by atoms with E-state index < -0.39 is 5.60 Å². The number of carbonyl (C=O) groups excluding carboxylic acids is 1. The molecule has 1 unspecified atom stereocenters. The first kappa shape index (κ1) is 19.2. The number of aromatic amines is 1. The molecule has 29 heavy (non-hydrogen) atoms. The molecule has 2 heterocycles. The molecule has 1 atom stereocenters. The summed E-state index contributed by atoms with van der Waals surface area (Å²) in [6.45, 7) is 5.59. The Morgan fingerprint density at radius 1 is 1.21 bits per heavy atom. The smallest absolute Gasteiger partial charge is 0.408 e. The van der Waals surface area contributed by atoms with Gasteiger partial charge in [-0.25, -0.2) is 14.8 Å². The Kier molecular flexibility index (Phi) is 5.09. The van der Waals surface area contributed by atoms with Crippen LogP contribution in [0.25, 0.3) is 27.7 Å². The van der Waals surface area contributed by atoms with E-state index in [4.69, 9.17) is 4.74 Å². The summed E-state index contributed by atoms with van der Waals surface area (Å²) in [5, 5.41) is 3.99.